The molecule has 0 saturated carbocycles. The summed E-state index contributed by atoms with van der Waals surface area (Å²) in [6.07, 6.45) is 0. The maximum absolute atomic E-state index is 13.5. The van der Waals surface area contributed by atoms with Crippen LogP contribution in [0, 0.1) is 13.8 Å². The number of hydrogen-bond acceptors (Lipinski definition) is 4. The van der Waals surface area contributed by atoms with Crippen LogP contribution in [0.2, 0.25) is 0 Å². The molecule has 0 aliphatic rings. The van der Waals surface area contributed by atoms with Gasteiger partial charge in [0.25, 0.3) is 10.0 Å². The van der Waals surface area contributed by atoms with Crippen LogP contribution in [0.15, 0.2) is 77.7 Å². The van der Waals surface area contributed by atoms with Gasteiger partial charge in [-0.2, -0.15) is 0 Å². The predicted octanol–water partition coefficient (Wildman–Crippen LogP) is 4.54. The molecule has 0 fully saturated rings. The van der Waals surface area contributed by atoms with Crippen LogP contribution in [0.1, 0.15) is 18.1 Å². The van der Waals surface area contributed by atoms with E-state index in [-0.39, 0.29) is 11.4 Å². The zero-order valence-corrected chi connectivity index (χ0v) is 18.6. The van der Waals surface area contributed by atoms with E-state index in [4.69, 9.17) is 4.74 Å². The first kappa shape index (κ1) is 22.4. The van der Waals surface area contributed by atoms with Gasteiger partial charge in [-0.25, -0.2) is 8.42 Å². The first-order chi connectivity index (χ1) is 14.8. The summed E-state index contributed by atoms with van der Waals surface area (Å²) in [6, 6.07) is 20.6. The maximum atomic E-state index is 13.5. The summed E-state index contributed by atoms with van der Waals surface area (Å²) in [5.41, 5.74) is 2.70. The monoisotopic (exact) mass is 438 g/mol. The van der Waals surface area contributed by atoms with Gasteiger partial charge in [0, 0.05) is 0 Å². The van der Waals surface area contributed by atoms with E-state index in [1.165, 1.54) is 12.1 Å². The van der Waals surface area contributed by atoms with E-state index in [2.05, 4.69) is 5.32 Å². The highest BCUT2D eigenvalue weighted by atomic mass is 32.2. The molecule has 3 rings (SSSR count). The molecule has 0 heterocycles. The molecule has 0 spiro atoms. The Hall–Kier alpha value is -3.32. The first-order valence-electron chi connectivity index (χ1n) is 10.00. The summed E-state index contributed by atoms with van der Waals surface area (Å²) in [5, 5.41) is 2.78. The average molecular weight is 439 g/mol. The maximum Gasteiger partial charge on any atom is 0.264 e. The van der Waals surface area contributed by atoms with Crippen LogP contribution in [0.3, 0.4) is 0 Å². The normalized spacial score (nSPS) is 11.1. The van der Waals surface area contributed by atoms with Crippen LogP contribution in [0.25, 0.3) is 0 Å². The zero-order valence-electron chi connectivity index (χ0n) is 17.8. The minimum atomic E-state index is -3.96. The molecule has 3 aromatic rings. The standard InChI is InChI=1S/C24H26N2O4S/c1-4-30-23-16-9-8-14-21(23)25-24(27)17-26(22-15-10-11-18(2)19(22)3)31(28,29)20-12-6-5-7-13-20/h5-16H,4,17H2,1-3H3,(H,25,27). The Morgan fingerprint density at radius 3 is 2.32 bits per heavy atom. The van der Waals surface area contributed by atoms with E-state index in [9.17, 15) is 13.2 Å². The Morgan fingerprint density at radius 2 is 1.61 bits per heavy atom. The molecule has 0 radical (unpaired) electrons. The van der Waals surface area contributed by atoms with Gasteiger partial charge in [0.15, 0.2) is 0 Å². The van der Waals surface area contributed by atoms with Crippen molar-refractivity contribution in [2.45, 2.75) is 25.7 Å². The zero-order chi connectivity index (χ0) is 22.4. The second kappa shape index (κ2) is 9.66. The third-order valence-electron chi connectivity index (χ3n) is 4.92. The Balaban J connectivity index is 1.98. The van der Waals surface area contributed by atoms with Gasteiger partial charge in [0.05, 0.1) is 22.9 Å². The average Bonchev–Trinajstić information content (AvgIpc) is 2.76. The van der Waals surface area contributed by atoms with Crippen molar-refractivity contribution >= 4 is 27.3 Å². The van der Waals surface area contributed by atoms with Gasteiger partial charge < -0.3 is 10.1 Å². The van der Waals surface area contributed by atoms with Crippen molar-refractivity contribution in [1.82, 2.24) is 0 Å². The molecule has 0 atom stereocenters. The molecule has 162 valence electrons. The molecule has 0 unspecified atom stereocenters. The summed E-state index contributed by atoms with van der Waals surface area (Å²) in [6.45, 7) is 5.68. The number of aryl methyl sites for hydroxylation is 1. The van der Waals surface area contributed by atoms with Crippen LogP contribution in [-0.2, 0) is 14.8 Å². The number of amides is 1. The second-order valence-electron chi connectivity index (χ2n) is 7.02. The number of nitrogens with zero attached hydrogens (tertiary/aromatic N) is 1. The van der Waals surface area contributed by atoms with Gasteiger partial charge in [-0.3, -0.25) is 9.10 Å². The number of ether oxygens (including phenoxy) is 1. The number of hydrogen-bond donors (Lipinski definition) is 1. The topological polar surface area (TPSA) is 75.7 Å². The lowest BCUT2D eigenvalue weighted by atomic mass is 10.1. The van der Waals surface area contributed by atoms with Crippen LogP contribution in [-0.4, -0.2) is 27.5 Å². The van der Waals surface area contributed by atoms with E-state index >= 15 is 0 Å². The Labute approximate surface area is 183 Å². The fourth-order valence-corrected chi connectivity index (χ4v) is 4.70. The molecule has 0 aliphatic carbocycles. The molecule has 3 aromatic carbocycles. The van der Waals surface area contributed by atoms with Crippen LogP contribution in [0.4, 0.5) is 11.4 Å². The molecular formula is C24H26N2O4S. The molecule has 0 aromatic heterocycles. The van der Waals surface area contributed by atoms with Crippen molar-refractivity contribution in [3.8, 4) is 5.75 Å². The second-order valence-corrected chi connectivity index (χ2v) is 8.88. The lowest BCUT2D eigenvalue weighted by Gasteiger charge is -2.26. The molecule has 0 saturated heterocycles. The lowest BCUT2D eigenvalue weighted by molar-refractivity contribution is -0.114. The van der Waals surface area contributed by atoms with E-state index in [0.29, 0.717) is 23.7 Å². The van der Waals surface area contributed by atoms with Crippen molar-refractivity contribution in [2.24, 2.45) is 0 Å². The highest BCUT2D eigenvalue weighted by Gasteiger charge is 2.28. The van der Waals surface area contributed by atoms with Gasteiger partial charge >= 0.3 is 0 Å². The van der Waals surface area contributed by atoms with Crippen molar-refractivity contribution in [1.29, 1.82) is 0 Å². The fraction of sp³-hybridized carbons (Fsp3) is 0.208. The third kappa shape index (κ3) is 5.06. The number of para-hydroxylation sites is 2. The Bertz CT molecular complexity index is 1160. The van der Waals surface area contributed by atoms with E-state index in [0.717, 1.165) is 15.4 Å². The first-order valence-corrected chi connectivity index (χ1v) is 11.4. The molecular weight excluding hydrogens is 412 g/mol. The van der Waals surface area contributed by atoms with E-state index in [1.54, 1.807) is 48.5 Å². The molecule has 7 heteroatoms. The number of sulfonamides is 1. The number of carbonyl (C=O) groups is 1. The number of anilines is 2. The minimum Gasteiger partial charge on any atom is -0.492 e. The fourth-order valence-electron chi connectivity index (χ4n) is 3.20. The summed E-state index contributed by atoms with van der Waals surface area (Å²) in [5.74, 6) is 0.0649. The summed E-state index contributed by atoms with van der Waals surface area (Å²) < 4.78 is 33.7. The summed E-state index contributed by atoms with van der Waals surface area (Å²) >= 11 is 0. The van der Waals surface area contributed by atoms with Crippen molar-refractivity contribution in [3.05, 3.63) is 83.9 Å². The quantitative estimate of drug-likeness (QED) is 0.560. The molecule has 0 aliphatic heterocycles. The SMILES string of the molecule is CCOc1ccccc1NC(=O)CN(c1cccc(C)c1C)S(=O)(=O)c1ccccc1. The largest absolute Gasteiger partial charge is 0.492 e. The van der Waals surface area contributed by atoms with Crippen molar-refractivity contribution in [3.63, 3.8) is 0 Å². The van der Waals surface area contributed by atoms with Crippen LogP contribution >= 0.6 is 0 Å². The Kier molecular flexibility index (Phi) is 6.97. The molecule has 31 heavy (non-hydrogen) atoms. The van der Waals surface area contributed by atoms with Crippen molar-refractivity contribution < 1.29 is 17.9 Å². The van der Waals surface area contributed by atoms with E-state index < -0.39 is 15.9 Å². The van der Waals surface area contributed by atoms with Gasteiger partial charge in [0.2, 0.25) is 5.91 Å². The summed E-state index contributed by atoms with van der Waals surface area (Å²) in [7, 11) is -3.96. The van der Waals surface area contributed by atoms with Crippen LogP contribution in [0.5, 0.6) is 5.75 Å². The molecule has 1 amide bonds. The van der Waals surface area contributed by atoms with Gasteiger partial charge in [0.1, 0.15) is 12.3 Å². The Morgan fingerprint density at radius 1 is 0.935 bits per heavy atom. The van der Waals surface area contributed by atoms with Gasteiger partial charge in [-0.05, 0) is 62.2 Å². The highest BCUT2D eigenvalue weighted by molar-refractivity contribution is 7.92. The van der Waals surface area contributed by atoms with Gasteiger partial charge in [-0.15, -0.1) is 0 Å². The highest BCUT2D eigenvalue weighted by Crippen LogP contribution is 2.29. The number of nitrogens with one attached hydrogen (secondary N) is 1. The third-order valence-corrected chi connectivity index (χ3v) is 6.70. The number of benzene rings is 3. The minimum absolute atomic E-state index is 0.124. The number of rotatable bonds is 8. The molecule has 0 bridgehead atoms. The van der Waals surface area contributed by atoms with E-state index in [1.807, 2.05) is 32.9 Å². The summed E-state index contributed by atoms with van der Waals surface area (Å²) in [4.78, 5) is 13.1. The number of carbonyl (C=O) groups excluding carboxylic acids is 1. The predicted molar refractivity (Wildman–Crippen MR) is 123 cm³/mol. The lowest BCUT2D eigenvalue weighted by Crippen LogP contribution is -2.38. The smallest absolute Gasteiger partial charge is 0.264 e. The van der Waals surface area contributed by atoms with Crippen molar-refractivity contribution in [2.75, 3.05) is 22.8 Å². The molecule has 1 N–H and O–H groups in total. The van der Waals surface area contributed by atoms with Gasteiger partial charge in [-0.1, -0.05) is 42.5 Å². The molecule has 6 nitrogen and oxygen atoms in total. The van der Waals surface area contributed by atoms with Crippen LogP contribution < -0.4 is 14.4 Å².